The minimum Gasteiger partial charge on any atom is -0.493 e. The normalized spacial score (nSPS) is 10.4. The number of fused-ring (bicyclic) bond motifs is 1. The molecule has 162 valence electrons. The molecular formula is C24H21N3O5. The predicted molar refractivity (Wildman–Crippen MR) is 120 cm³/mol. The van der Waals surface area contributed by atoms with E-state index in [1.165, 1.54) is 6.33 Å². The van der Waals surface area contributed by atoms with E-state index in [0.717, 1.165) is 0 Å². The molecule has 1 amide bonds. The van der Waals surface area contributed by atoms with E-state index in [9.17, 15) is 4.79 Å². The summed E-state index contributed by atoms with van der Waals surface area (Å²) in [5.41, 5.74) is 1.29. The number of carbonyl (C=O) groups excluding carboxylic acids is 1. The number of hydrogen-bond acceptors (Lipinski definition) is 7. The summed E-state index contributed by atoms with van der Waals surface area (Å²) >= 11 is 0. The Labute approximate surface area is 184 Å². The van der Waals surface area contributed by atoms with E-state index in [1.54, 1.807) is 62.8 Å². The first-order valence-corrected chi connectivity index (χ1v) is 9.78. The van der Waals surface area contributed by atoms with Crippen LogP contribution >= 0.6 is 0 Å². The Morgan fingerprint density at radius 2 is 1.59 bits per heavy atom. The third-order valence-electron chi connectivity index (χ3n) is 4.57. The minimum atomic E-state index is -0.259. The summed E-state index contributed by atoms with van der Waals surface area (Å²) in [7, 11) is 3.13. The second kappa shape index (κ2) is 9.65. The molecule has 8 nitrogen and oxygen atoms in total. The summed E-state index contributed by atoms with van der Waals surface area (Å²) in [6.45, 7) is -0.0829. The number of para-hydroxylation sites is 1. The number of nitrogens with zero attached hydrogens (tertiary/aromatic N) is 2. The van der Waals surface area contributed by atoms with Crippen molar-refractivity contribution in [2.24, 2.45) is 0 Å². The van der Waals surface area contributed by atoms with E-state index in [4.69, 9.17) is 18.9 Å². The highest BCUT2D eigenvalue weighted by atomic mass is 16.5. The maximum Gasteiger partial charge on any atom is 0.262 e. The van der Waals surface area contributed by atoms with Crippen molar-refractivity contribution in [3.8, 4) is 28.9 Å². The van der Waals surface area contributed by atoms with Gasteiger partial charge in [0, 0.05) is 11.8 Å². The van der Waals surface area contributed by atoms with Gasteiger partial charge in [0.2, 0.25) is 5.88 Å². The molecule has 4 rings (SSSR count). The number of carbonyl (C=O) groups is 1. The summed E-state index contributed by atoms with van der Waals surface area (Å²) in [6.07, 6.45) is 1.42. The summed E-state index contributed by atoms with van der Waals surface area (Å²) in [5.74, 6) is 2.43. The van der Waals surface area contributed by atoms with Gasteiger partial charge in [0.25, 0.3) is 5.91 Å². The topological polar surface area (TPSA) is 91.8 Å². The van der Waals surface area contributed by atoms with Gasteiger partial charge in [-0.25, -0.2) is 9.97 Å². The van der Waals surface area contributed by atoms with Crippen LogP contribution in [0.5, 0.6) is 28.9 Å². The van der Waals surface area contributed by atoms with Crippen molar-refractivity contribution in [3.05, 3.63) is 73.1 Å². The Morgan fingerprint density at radius 1 is 0.875 bits per heavy atom. The molecule has 1 heterocycles. The third kappa shape index (κ3) is 4.86. The molecule has 0 saturated carbocycles. The quantitative estimate of drug-likeness (QED) is 0.440. The summed E-state index contributed by atoms with van der Waals surface area (Å²) in [6, 6.07) is 19.6. The smallest absolute Gasteiger partial charge is 0.262 e. The van der Waals surface area contributed by atoms with Crippen LogP contribution in [-0.2, 0) is 4.79 Å². The molecule has 0 spiro atoms. The van der Waals surface area contributed by atoms with E-state index in [0.29, 0.717) is 45.5 Å². The zero-order valence-electron chi connectivity index (χ0n) is 17.6. The highest BCUT2D eigenvalue weighted by molar-refractivity contribution is 5.92. The van der Waals surface area contributed by atoms with E-state index in [2.05, 4.69) is 15.3 Å². The zero-order chi connectivity index (χ0) is 22.3. The fourth-order valence-corrected chi connectivity index (χ4v) is 3.02. The van der Waals surface area contributed by atoms with Crippen molar-refractivity contribution in [3.63, 3.8) is 0 Å². The molecule has 1 N–H and O–H groups in total. The van der Waals surface area contributed by atoms with Gasteiger partial charge in [0.1, 0.15) is 17.8 Å². The SMILES string of the molecule is COc1cc2ncnc(Oc3ccc(NC(=O)COc4ccccc4)cc3)c2cc1OC. The molecule has 0 radical (unpaired) electrons. The van der Waals surface area contributed by atoms with Crippen LogP contribution in [0.3, 0.4) is 0 Å². The molecule has 0 unspecified atom stereocenters. The highest BCUT2D eigenvalue weighted by Crippen LogP contribution is 2.35. The minimum absolute atomic E-state index is 0.0829. The first kappa shape index (κ1) is 20.9. The number of rotatable bonds is 8. The predicted octanol–water partition coefficient (Wildman–Crippen LogP) is 4.46. The number of benzene rings is 3. The first-order chi connectivity index (χ1) is 15.7. The molecule has 1 aromatic heterocycles. The van der Waals surface area contributed by atoms with Crippen molar-refractivity contribution in [1.82, 2.24) is 9.97 Å². The van der Waals surface area contributed by atoms with Crippen molar-refractivity contribution >= 4 is 22.5 Å². The molecule has 0 atom stereocenters. The van der Waals surface area contributed by atoms with Gasteiger partial charge in [-0.1, -0.05) is 18.2 Å². The fraction of sp³-hybridized carbons (Fsp3) is 0.125. The Morgan fingerprint density at radius 3 is 2.31 bits per heavy atom. The van der Waals surface area contributed by atoms with Gasteiger partial charge in [-0.3, -0.25) is 4.79 Å². The molecule has 3 aromatic carbocycles. The van der Waals surface area contributed by atoms with Crippen molar-refractivity contribution in [1.29, 1.82) is 0 Å². The number of hydrogen-bond donors (Lipinski definition) is 1. The van der Waals surface area contributed by atoms with E-state index in [1.807, 2.05) is 18.2 Å². The molecular weight excluding hydrogens is 410 g/mol. The largest absolute Gasteiger partial charge is 0.493 e. The van der Waals surface area contributed by atoms with Gasteiger partial charge >= 0.3 is 0 Å². The average molecular weight is 431 g/mol. The Hall–Kier alpha value is -4.33. The standard InChI is InChI=1S/C24H21N3O5/c1-29-21-12-19-20(13-22(21)30-2)25-15-26-24(19)32-18-10-8-16(9-11-18)27-23(28)14-31-17-6-4-3-5-7-17/h3-13,15H,14H2,1-2H3,(H,27,28). The first-order valence-electron chi connectivity index (χ1n) is 9.78. The van der Waals surface area contributed by atoms with Crippen LogP contribution in [0.1, 0.15) is 0 Å². The number of aromatic nitrogens is 2. The van der Waals surface area contributed by atoms with Gasteiger partial charge < -0.3 is 24.3 Å². The number of anilines is 1. The second-order valence-electron chi connectivity index (χ2n) is 6.68. The number of amides is 1. The van der Waals surface area contributed by atoms with Crippen LogP contribution < -0.4 is 24.3 Å². The van der Waals surface area contributed by atoms with Gasteiger partial charge in [-0.2, -0.15) is 0 Å². The molecule has 4 aromatic rings. The third-order valence-corrected chi connectivity index (χ3v) is 4.57. The lowest BCUT2D eigenvalue weighted by atomic mass is 10.2. The van der Waals surface area contributed by atoms with Crippen LogP contribution in [0.4, 0.5) is 5.69 Å². The number of nitrogens with one attached hydrogen (secondary N) is 1. The summed E-state index contributed by atoms with van der Waals surface area (Å²) in [4.78, 5) is 20.6. The number of ether oxygens (including phenoxy) is 4. The Kier molecular flexibility index (Phi) is 6.31. The van der Waals surface area contributed by atoms with E-state index >= 15 is 0 Å². The van der Waals surface area contributed by atoms with E-state index in [-0.39, 0.29) is 12.5 Å². The van der Waals surface area contributed by atoms with Crippen molar-refractivity contribution in [2.75, 3.05) is 26.1 Å². The van der Waals surface area contributed by atoms with E-state index < -0.39 is 0 Å². The maximum atomic E-state index is 12.1. The van der Waals surface area contributed by atoms with Crippen LogP contribution in [0.25, 0.3) is 10.9 Å². The maximum absolute atomic E-state index is 12.1. The molecule has 8 heteroatoms. The van der Waals surface area contributed by atoms with Gasteiger partial charge in [0.05, 0.1) is 25.1 Å². The molecule has 0 fully saturated rings. The van der Waals surface area contributed by atoms with Gasteiger partial charge in [-0.15, -0.1) is 0 Å². The lowest BCUT2D eigenvalue weighted by Crippen LogP contribution is -2.20. The summed E-state index contributed by atoms with van der Waals surface area (Å²) in [5, 5.41) is 3.47. The van der Waals surface area contributed by atoms with Crippen LogP contribution in [0, 0.1) is 0 Å². The van der Waals surface area contributed by atoms with Crippen molar-refractivity contribution in [2.45, 2.75) is 0 Å². The van der Waals surface area contributed by atoms with Crippen molar-refractivity contribution < 1.29 is 23.7 Å². The van der Waals surface area contributed by atoms with Crippen LogP contribution in [0.15, 0.2) is 73.1 Å². The van der Waals surface area contributed by atoms with Gasteiger partial charge in [-0.05, 0) is 42.5 Å². The average Bonchev–Trinajstić information content (AvgIpc) is 2.84. The molecule has 0 aliphatic carbocycles. The zero-order valence-corrected chi connectivity index (χ0v) is 17.6. The molecule has 0 saturated heterocycles. The molecule has 32 heavy (non-hydrogen) atoms. The molecule has 0 aliphatic rings. The summed E-state index contributed by atoms with van der Waals surface area (Å²) < 4.78 is 22.1. The van der Waals surface area contributed by atoms with Crippen LogP contribution in [-0.4, -0.2) is 36.7 Å². The second-order valence-corrected chi connectivity index (χ2v) is 6.68. The molecule has 0 aliphatic heterocycles. The number of methoxy groups -OCH3 is 2. The lowest BCUT2D eigenvalue weighted by molar-refractivity contribution is -0.118. The highest BCUT2D eigenvalue weighted by Gasteiger charge is 2.12. The monoisotopic (exact) mass is 431 g/mol. The Bertz CT molecular complexity index is 1210. The van der Waals surface area contributed by atoms with Crippen LogP contribution in [0.2, 0.25) is 0 Å². The molecule has 0 bridgehead atoms. The lowest BCUT2D eigenvalue weighted by Gasteiger charge is -2.12. The van der Waals surface area contributed by atoms with Gasteiger partial charge in [0.15, 0.2) is 18.1 Å². The Balaban J connectivity index is 1.43. The fourth-order valence-electron chi connectivity index (χ4n) is 3.02.